The number of hydrogen-bond donors (Lipinski definition) is 0. The van der Waals surface area contributed by atoms with E-state index >= 15 is 0 Å². The Balaban J connectivity index is 1.67. The second kappa shape index (κ2) is 8.31. The van der Waals surface area contributed by atoms with Gasteiger partial charge in [0.25, 0.3) is 0 Å². The Hall–Kier alpha value is -2.53. The zero-order chi connectivity index (χ0) is 21.3. The van der Waals surface area contributed by atoms with Gasteiger partial charge in [-0.1, -0.05) is 41.9 Å². The summed E-state index contributed by atoms with van der Waals surface area (Å²) in [7, 11) is -3.27. The fraction of sp³-hybridized carbons (Fsp3) is 0.182. The Morgan fingerprint density at radius 1 is 1.23 bits per heavy atom. The number of para-hydroxylation sites is 1. The molecule has 1 aliphatic heterocycles. The zero-order valence-corrected chi connectivity index (χ0v) is 18.5. The first-order valence-electron chi connectivity index (χ1n) is 9.25. The van der Waals surface area contributed by atoms with Crippen LogP contribution in [0.4, 0.5) is 0 Å². The van der Waals surface area contributed by atoms with Gasteiger partial charge in [-0.05, 0) is 42.3 Å². The van der Waals surface area contributed by atoms with Gasteiger partial charge < -0.3 is 0 Å². The van der Waals surface area contributed by atoms with E-state index in [1.54, 1.807) is 30.0 Å². The third kappa shape index (κ3) is 4.17. The molecule has 1 unspecified atom stereocenters. The van der Waals surface area contributed by atoms with Crippen molar-refractivity contribution >= 4 is 38.1 Å². The number of nitrogens with zero attached hydrogens (tertiary/aromatic N) is 3. The number of hydrogen-bond acceptors (Lipinski definition) is 5. The summed E-state index contributed by atoms with van der Waals surface area (Å²) >= 11 is 8.07. The summed E-state index contributed by atoms with van der Waals surface area (Å²) in [5.74, 6) is 0. The van der Waals surface area contributed by atoms with Crippen LogP contribution in [0.3, 0.4) is 0 Å². The van der Waals surface area contributed by atoms with Crippen molar-refractivity contribution in [2.24, 2.45) is 0 Å². The van der Waals surface area contributed by atoms with Gasteiger partial charge in [0.2, 0.25) is 0 Å². The van der Waals surface area contributed by atoms with Gasteiger partial charge in [0, 0.05) is 11.2 Å². The van der Waals surface area contributed by atoms with E-state index in [0.29, 0.717) is 15.6 Å². The van der Waals surface area contributed by atoms with E-state index in [4.69, 9.17) is 16.9 Å². The fourth-order valence-electron chi connectivity index (χ4n) is 3.37. The van der Waals surface area contributed by atoms with Gasteiger partial charge in [-0.3, -0.25) is 0 Å². The lowest BCUT2D eigenvalue weighted by molar-refractivity contribution is 0.602. The van der Waals surface area contributed by atoms with Crippen molar-refractivity contribution in [3.05, 3.63) is 82.6 Å². The Bertz CT molecular complexity index is 1290. The Morgan fingerprint density at radius 2 is 2.03 bits per heavy atom. The molecular weight excluding hydrogens is 438 g/mol. The van der Waals surface area contributed by atoms with E-state index < -0.39 is 9.84 Å². The zero-order valence-electron chi connectivity index (χ0n) is 16.1. The van der Waals surface area contributed by atoms with E-state index in [9.17, 15) is 8.42 Å². The minimum atomic E-state index is -3.27. The van der Waals surface area contributed by atoms with Crippen molar-refractivity contribution in [1.82, 2.24) is 9.78 Å². The molecule has 0 bridgehead atoms. The predicted octanol–water partition coefficient (Wildman–Crippen LogP) is 5.21. The molecule has 0 aliphatic carbocycles. The summed E-state index contributed by atoms with van der Waals surface area (Å²) in [5, 5.41) is 14.4. The molecule has 0 N–H and O–H groups in total. The van der Waals surface area contributed by atoms with Crippen LogP contribution in [0.15, 0.2) is 65.6 Å². The fourth-order valence-corrected chi connectivity index (χ4v) is 5.50. The van der Waals surface area contributed by atoms with Gasteiger partial charge in [-0.25, -0.2) is 13.1 Å². The topological polar surface area (TPSA) is 75.8 Å². The van der Waals surface area contributed by atoms with E-state index in [2.05, 4.69) is 17.2 Å². The maximum atomic E-state index is 11.9. The van der Waals surface area contributed by atoms with E-state index in [0.717, 1.165) is 28.3 Å². The van der Waals surface area contributed by atoms with Gasteiger partial charge in [0.1, 0.15) is 0 Å². The highest BCUT2D eigenvalue weighted by atomic mass is 35.5. The second-order valence-corrected chi connectivity index (χ2v) is 10.6. The lowest BCUT2D eigenvalue weighted by Gasteiger charge is -2.14. The number of benzene rings is 2. The van der Waals surface area contributed by atoms with Crippen LogP contribution in [0.25, 0.3) is 10.6 Å². The largest absolute Gasteiger partial charge is 0.235 e. The Labute approximate surface area is 184 Å². The summed E-state index contributed by atoms with van der Waals surface area (Å²) in [5.41, 5.74) is 3.31. The van der Waals surface area contributed by atoms with Crippen molar-refractivity contribution in [1.29, 1.82) is 5.26 Å². The molecule has 0 amide bonds. The first kappa shape index (κ1) is 20.7. The minimum absolute atomic E-state index is 0.0816. The van der Waals surface area contributed by atoms with Crippen molar-refractivity contribution in [2.45, 2.75) is 23.0 Å². The Kier molecular flexibility index (Phi) is 5.74. The van der Waals surface area contributed by atoms with Crippen LogP contribution < -0.4 is 0 Å². The standard InChI is InChI=1S/C22H18ClN3O2S2/c1-30(27,28)17-6-4-5-15(13-17)21-9-10-22(29-21)20-14-16(11-12-24)25-26(20)19-8-3-2-7-18(19)23/h2-9,13-14,22H,10-11H2,1H3. The van der Waals surface area contributed by atoms with Crippen molar-refractivity contribution in [3.63, 3.8) is 0 Å². The lowest BCUT2D eigenvalue weighted by Crippen LogP contribution is -2.05. The molecule has 0 radical (unpaired) electrons. The molecule has 5 nitrogen and oxygen atoms in total. The van der Waals surface area contributed by atoms with Crippen LogP contribution in [0, 0.1) is 11.3 Å². The molecular formula is C22H18ClN3O2S2. The van der Waals surface area contributed by atoms with Crippen LogP contribution in [0.5, 0.6) is 0 Å². The number of halogens is 1. The minimum Gasteiger partial charge on any atom is -0.235 e. The molecule has 2 heterocycles. The summed E-state index contributed by atoms with van der Waals surface area (Å²) in [6.07, 6.45) is 4.32. The summed E-state index contributed by atoms with van der Waals surface area (Å²) in [6.45, 7) is 0. The molecule has 2 aromatic carbocycles. The van der Waals surface area contributed by atoms with E-state index in [1.165, 1.54) is 6.26 Å². The first-order chi connectivity index (χ1) is 14.4. The molecule has 8 heteroatoms. The molecule has 3 aromatic rings. The third-order valence-corrected chi connectivity index (χ3v) is 7.60. The maximum absolute atomic E-state index is 11.9. The van der Waals surface area contributed by atoms with Gasteiger partial charge in [-0.2, -0.15) is 10.4 Å². The normalized spacial score (nSPS) is 16.3. The quantitative estimate of drug-likeness (QED) is 0.527. The Morgan fingerprint density at radius 3 is 2.77 bits per heavy atom. The number of thioether (sulfide) groups is 1. The second-order valence-electron chi connectivity index (χ2n) is 6.97. The number of aromatic nitrogens is 2. The van der Waals surface area contributed by atoms with Gasteiger partial charge >= 0.3 is 0 Å². The van der Waals surface area contributed by atoms with Crippen LogP contribution in [-0.2, 0) is 16.3 Å². The molecule has 1 atom stereocenters. The highest BCUT2D eigenvalue weighted by Gasteiger charge is 2.26. The van der Waals surface area contributed by atoms with Crippen molar-refractivity contribution in [2.75, 3.05) is 6.26 Å². The number of allylic oxidation sites excluding steroid dienone is 1. The number of rotatable bonds is 5. The third-order valence-electron chi connectivity index (χ3n) is 4.79. The van der Waals surface area contributed by atoms with E-state index in [1.807, 2.05) is 41.1 Å². The molecule has 30 heavy (non-hydrogen) atoms. The van der Waals surface area contributed by atoms with E-state index in [-0.39, 0.29) is 11.7 Å². The summed E-state index contributed by atoms with van der Waals surface area (Å²) in [4.78, 5) is 1.33. The molecule has 0 saturated carbocycles. The van der Waals surface area contributed by atoms with Crippen LogP contribution in [0.2, 0.25) is 5.02 Å². The van der Waals surface area contributed by atoms with Gasteiger partial charge in [0.05, 0.1) is 44.7 Å². The van der Waals surface area contributed by atoms with Crippen molar-refractivity contribution in [3.8, 4) is 11.8 Å². The molecule has 152 valence electrons. The number of sulfone groups is 1. The molecule has 4 rings (SSSR count). The van der Waals surface area contributed by atoms with Crippen LogP contribution >= 0.6 is 23.4 Å². The molecule has 1 aliphatic rings. The van der Waals surface area contributed by atoms with Gasteiger partial charge in [0.15, 0.2) is 9.84 Å². The average molecular weight is 456 g/mol. The van der Waals surface area contributed by atoms with Crippen LogP contribution in [0.1, 0.15) is 28.6 Å². The molecule has 0 fully saturated rings. The van der Waals surface area contributed by atoms with Gasteiger partial charge in [-0.15, -0.1) is 11.8 Å². The monoisotopic (exact) mass is 455 g/mol. The average Bonchev–Trinajstić information content (AvgIpc) is 3.35. The van der Waals surface area contributed by atoms with Crippen LogP contribution in [-0.4, -0.2) is 24.5 Å². The smallest absolute Gasteiger partial charge is 0.175 e. The SMILES string of the molecule is CS(=O)(=O)c1cccc(C2=CCC(c3cc(CC#N)nn3-c3ccccc3Cl)S2)c1. The molecule has 0 saturated heterocycles. The lowest BCUT2D eigenvalue weighted by atomic mass is 10.1. The maximum Gasteiger partial charge on any atom is 0.175 e. The highest BCUT2D eigenvalue weighted by molar-refractivity contribution is 8.08. The first-order valence-corrected chi connectivity index (χ1v) is 12.4. The number of nitriles is 1. The summed E-state index contributed by atoms with van der Waals surface area (Å²) in [6, 6.07) is 18.6. The molecule has 1 aromatic heterocycles. The summed E-state index contributed by atoms with van der Waals surface area (Å²) < 4.78 is 25.6. The van der Waals surface area contributed by atoms with Crippen molar-refractivity contribution < 1.29 is 8.42 Å². The predicted molar refractivity (Wildman–Crippen MR) is 120 cm³/mol. The molecule has 0 spiro atoms. The highest BCUT2D eigenvalue weighted by Crippen LogP contribution is 2.49.